The van der Waals surface area contributed by atoms with Crippen LogP contribution in [0.2, 0.25) is 0 Å². The number of benzene rings is 3. The van der Waals surface area contributed by atoms with E-state index in [1.807, 2.05) is 85.1 Å². The monoisotopic (exact) mass is 390 g/mol. The molecule has 5 heteroatoms. The van der Waals surface area contributed by atoms with Crippen LogP contribution in [0.5, 0.6) is 11.6 Å². The van der Waals surface area contributed by atoms with Crippen molar-refractivity contribution in [1.29, 1.82) is 0 Å². The van der Waals surface area contributed by atoms with E-state index in [4.69, 9.17) is 4.74 Å². The van der Waals surface area contributed by atoms with Crippen molar-refractivity contribution in [3.05, 3.63) is 109 Å². The van der Waals surface area contributed by atoms with Gasteiger partial charge in [0, 0.05) is 24.0 Å². The van der Waals surface area contributed by atoms with Crippen LogP contribution in [-0.2, 0) is 0 Å². The predicted molar refractivity (Wildman–Crippen MR) is 117 cm³/mol. The van der Waals surface area contributed by atoms with Crippen LogP contribution in [0.3, 0.4) is 0 Å². The van der Waals surface area contributed by atoms with Gasteiger partial charge in [-0.05, 0) is 29.3 Å². The average molecular weight is 390 g/mol. The molecule has 2 aromatic heterocycles. The molecule has 5 rings (SSSR count). The smallest absolute Gasteiger partial charge is 0.225 e. The molecule has 144 valence electrons. The molecule has 5 nitrogen and oxygen atoms in total. The molecule has 5 aromatic rings. The lowest BCUT2D eigenvalue weighted by Crippen LogP contribution is -2.02. The van der Waals surface area contributed by atoms with Crippen molar-refractivity contribution in [2.75, 3.05) is 0 Å². The van der Waals surface area contributed by atoms with Crippen LogP contribution >= 0.6 is 0 Å². The Morgan fingerprint density at radius 1 is 0.633 bits per heavy atom. The SMILES string of the molecule is c1ccc(-c2ccc(Oc3cc(-n4cccn4)nc(-c4ccccc4)n3)cc2)cc1. The molecule has 0 aliphatic heterocycles. The highest BCUT2D eigenvalue weighted by Crippen LogP contribution is 2.27. The third kappa shape index (κ3) is 3.82. The quantitative estimate of drug-likeness (QED) is 0.381. The third-order valence-electron chi connectivity index (χ3n) is 4.64. The maximum atomic E-state index is 6.08. The minimum absolute atomic E-state index is 0.460. The van der Waals surface area contributed by atoms with Crippen LogP contribution in [0.4, 0.5) is 0 Å². The van der Waals surface area contributed by atoms with Crippen molar-refractivity contribution in [1.82, 2.24) is 19.7 Å². The standard InChI is InChI=1S/C25H18N4O/c1-3-8-19(9-4-1)20-12-14-22(15-13-20)30-24-18-23(29-17-7-16-26-29)27-25(28-24)21-10-5-2-6-11-21/h1-18H. The number of hydrogen-bond acceptors (Lipinski definition) is 4. The number of aromatic nitrogens is 4. The molecule has 0 unspecified atom stereocenters. The summed E-state index contributed by atoms with van der Waals surface area (Å²) in [6.45, 7) is 0. The Morgan fingerprint density at radius 3 is 1.97 bits per heavy atom. The van der Waals surface area contributed by atoms with Crippen LogP contribution in [0, 0.1) is 0 Å². The van der Waals surface area contributed by atoms with Crippen LogP contribution in [-0.4, -0.2) is 19.7 Å². The van der Waals surface area contributed by atoms with Gasteiger partial charge in [-0.2, -0.15) is 10.1 Å². The van der Waals surface area contributed by atoms with E-state index < -0.39 is 0 Å². The normalized spacial score (nSPS) is 10.7. The van der Waals surface area contributed by atoms with E-state index in [9.17, 15) is 0 Å². The Hall–Kier alpha value is -4.25. The van der Waals surface area contributed by atoms with Gasteiger partial charge in [0.05, 0.1) is 0 Å². The van der Waals surface area contributed by atoms with E-state index in [1.165, 1.54) is 5.56 Å². The maximum Gasteiger partial charge on any atom is 0.225 e. The molecule has 30 heavy (non-hydrogen) atoms. The van der Waals surface area contributed by atoms with E-state index in [0.717, 1.165) is 11.1 Å². The Balaban J connectivity index is 1.48. The van der Waals surface area contributed by atoms with Gasteiger partial charge in [-0.15, -0.1) is 0 Å². The van der Waals surface area contributed by atoms with Crippen LogP contribution in [0.1, 0.15) is 0 Å². The molecule has 0 radical (unpaired) electrons. The van der Waals surface area contributed by atoms with Gasteiger partial charge in [-0.3, -0.25) is 0 Å². The predicted octanol–water partition coefficient (Wildman–Crippen LogP) is 5.79. The van der Waals surface area contributed by atoms with E-state index in [-0.39, 0.29) is 0 Å². The lowest BCUT2D eigenvalue weighted by molar-refractivity contribution is 0.461. The summed E-state index contributed by atoms with van der Waals surface area (Å²) in [5, 5.41) is 4.29. The number of ether oxygens (including phenoxy) is 1. The summed E-state index contributed by atoms with van der Waals surface area (Å²) in [6.07, 6.45) is 3.56. The topological polar surface area (TPSA) is 52.8 Å². The zero-order valence-electron chi connectivity index (χ0n) is 16.1. The average Bonchev–Trinajstić information content (AvgIpc) is 3.36. The summed E-state index contributed by atoms with van der Waals surface area (Å²) in [5.74, 6) is 2.39. The molecule has 0 aliphatic carbocycles. The van der Waals surface area contributed by atoms with E-state index in [2.05, 4.69) is 27.2 Å². The van der Waals surface area contributed by atoms with Gasteiger partial charge in [0.2, 0.25) is 5.88 Å². The molecule has 0 atom stereocenters. The molecule has 0 fully saturated rings. The van der Waals surface area contributed by atoms with Crippen molar-refractivity contribution < 1.29 is 4.74 Å². The summed E-state index contributed by atoms with van der Waals surface area (Å²) < 4.78 is 7.77. The van der Waals surface area contributed by atoms with Gasteiger partial charge < -0.3 is 4.74 Å². The van der Waals surface area contributed by atoms with Gasteiger partial charge in [0.15, 0.2) is 11.6 Å². The zero-order chi connectivity index (χ0) is 20.2. The molecule has 2 heterocycles. The fourth-order valence-corrected chi connectivity index (χ4v) is 3.17. The van der Waals surface area contributed by atoms with Crippen LogP contribution in [0.25, 0.3) is 28.3 Å². The summed E-state index contributed by atoms with van der Waals surface area (Å²) >= 11 is 0. The summed E-state index contributed by atoms with van der Waals surface area (Å²) in [5.41, 5.74) is 3.21. The highest BCUT2D eigenvalue weighted by atomic mass is 16.5. The zero-order valence-corrected chi connectivity index (χ0v) is 16.1. The van der Waals surface area contributed by atoms with E-state index in [0.29, 0.717) is 23.3 Å². The molecule has 0 amide bonds. The Kier molecular flexibility index (Phi) is 4.76. The summed E-state index contributed by atoms with van der Waals surface area (Å²) in [6, 6.07) is 31.7. The fraction of sp³-hybridized carbons (Fsp3) is 0. The first-order chi connectivity index (χ1) is 14.8. The lowest BCUT2D eigenvalue weighted by atomic mass is 10.1. The summed E-state index contributed by atoms with van der Waals surface area (Å²) in [7, 11) is 0. The maximum absolute atomic E-state index is 6.08. The van der Waals surface area contributed by atoms with Crippen LogP contribution < -0.4 is 4.74 Å². The second-order valence-corrected chi connectivity index (χ2v) is 6.70. The van der Waals surface area contributed by atoms with Gasteiger partial charge in [0.25, 0.3) is 0 Å². The van der Waals surface area contributed by atoms with Gasteiger partial charge in [-0.25, -0.2) is 9.67 Å². The highest BCUT2D eigenvalue weighted by Gasteiger charge is 2.10. The first-order valence-electron chi connectivity index (χ1n) is 9.63. The Morgan fingerprint density at radius 2 is 1.30 bits per heavy atom. The van der Waals surface area contributed by atoms with Crippen molar-refractivity contribution in [3.8, 4) is 40.0 Å². The number of hydrogen-bond donors (Lipinski definition) is 0. The van der Waals surface area contributed by atoms with Crippen molar-refractivity contribution in [2.45, 2.75) is 0 Å². The minimum Gasteiger partial charge on any atom is -0.439 e. The number of rotatable bonds is 5. The van der Waals surface area contributed by atoms with Crippen molar-refractivity contribution >= 4 is 0 Å². The molecule has 0 saturated heterocycles. The minimum atomic E-state index is 0.460. The largest absolute Gasteiger partial charge is 0.439 e. The molecule has 3 aromatic carbocycles. The molecular formula is C25H18N4O. The second kappa shape index (κ2) is 8.01. The summed E-state index contributed by atoms with van der Waals surface area (Å²) in [4.78, 5) is 9.27. The molecular weight excluding hydrogens is 372 g/mol. The fourth-order valence-electron chi connectivity index (χ4n) is 3.17. The lowest BCUT2D eigenvalue weighted by Gasteiger charge is -2.10. The second-order valence-electron chi connectivity index (χ2n) is 6.70. The highest BCUT2D eigenvalue weighted by molar-refractivity contribution is 5.64. The molecule has 0 aliphatic rings. The molecule has 0 bridgehead atoms. The number of nitrogens with zero attached hydrogens (tertiary/aromatic N) is 4. The van der Waals surface area contributed by atoms with Crippen LogP contribution in [0.15, 0.2) is 109 Å². The van der Waals surface area contributed by atoms with E-state index in [1.54, 1.807) is 16.9 Å². The van der Waals surface area contributed by atoms with Gasteiger partial charge in [-0.1, -0.05) is 72.8 Å². The molecule has 0 spiro atoms. The van der Waals surface area contributed by atoms with Crippen molar-refractivity contribution in [3.63, 3.8) is 0 Å². The third-order valence-corrected chi connectivity index (χ3v) is 4.64. The Bertz CT molecular complexity index is 1240. The first-order valence-corrected chi connectivity index (χ1v) is 9.63. The Labute approximate surface area is 174 Å². The molecule has 0 N–H and O–H groups in total. The van der Waals surface area contributed by atoms with Crippen molar-refractivity contribution in [2.24, 2.45) is 0 Å². The molecule has 0 saturated carbocycles. The first kappa shape index (κ1) is 17.8. The van der Waals surface area contributed by atoms with Gasteiger partial charge >= 0.3 is 0 Å². The van der Waals surface area contributed by atoms with Gasteiger partial charge in [0.1, 0.15) is 5.75 Å². The van der Waals surface area contributed by atoms with E-state index >= 15 is 0 Å².